The van der Waals surface area contributed by atoms with Crippen LogP contribution in [-0.2, 0) is 21.4 Å². The number of hydrogen-bond donors (Lipinski definition) is 2. The first-order valence-corrected chi connectivity index (χ1v) is 8.92. The third-order valence-corrected chi connectivity index (χ3v) is 5.44. The van der Waals surface area contributed by atoms with Crippen molar-refractivity contribution < 1.29 is 13.2 Å². The molecule has 0 radical (unpaired) electrons. The molecule has 0 bridgehead atoms. The number of carbonyl (C=O) groups is 1. The number of rotatable bonds is 4. The van der Waals surface area contributed by atoms with Gasteiger partial charge >= 0.3 is 0 Å². The Morgan fingerprint density at radius 2 is 2.00 bits per heavy atom. The van der Waals surface area contributed by atoms with E-state index in [2.05, 4.69) is 10.0 Å². The van der Waals surface area contributed by atoms with Gasteiger partial charge in [-0.3, -0.25) is 4.79 Å². The quantitative estimate of drug-likeness (QED) is 0.890. The zero-order valence-corrected chi connectivity index (χ0v) is 13.9. The summed E-state index contributed by atoms with van der Waals surface area (Å²) in [6.45, 7) is 1.89. The summed E-state index contributed by atoms with van der Waals surface area (Å²) in [5, 5.41) is 3.27. The average molecular weight is 351 g/mol. The summed E-state index contributed by atoms with van der Waals surface area (Å²) in [7, 11) is -3.67. The lowest BCUT2D eigenvalue weighted by atomic mass is 10.0. The van der Waals surface area contributed by atoms with Gasteiger partial charge in [-0.05, 0) is 48.4 Å². The van der Waals surface area contributed by atoms with Crippen molar-refractivity contribution in [3.05, 3.63) is 58.6 Å². The second kappa shape index (κ2) is 5.96. The van der Waals surface area contributed by atoms with Gasteiger partial charge in [-0.2, -0.15) is 0 Å². The molecule has 2 N–H and O–H groups in total. The lowest BCUT2D eigenvalue weighted by Crippen LogP contribution is -2.23. The van der Waals surface area contributed by atoms with E-state index in [1.807, 2.05) is 0 Å². The highest BCUT2D eigenvalue weighted by atomic mass is 35.5. The molecule has 0 spiro atoms. The van der Waals surface area contributed by atoms with Crippen molar-refractivity contribution >= 4 is 33.2 Å². The molecule has 1 aliphatic rings. The first-order valence-electron chi connectivity index (χ1n) is 7.06. The van der Waals surface area contributed by atoms with Crippen LogP contribution in [0, 0.1) is 0 Å². The minimum atomic E-state index is -3.67. The van der Waals surface area contributed by atoms with Crippen LogP contribution in [0.3, 0.4) is 0 Å². The first kappa shape index (κ1) is 16.0. The molecule has 3 rings (SSSR count). The number of benzene rings is 2. The molecule has 7 heteroatoms. The standard InChI is InChI=1S/C16H15ClN2O3S/c1-10-14-8-13(5-6-15(14)19-16(10)20)23(21,22)18-9-11-3-2-4-12(17)7-11/h2-8,10,18H,9H2,1H3,(H,19,20)/t10-/m1/s1. The number of carbonyl (C=O) groups excluding carboxylic acids is 1. The average Bonchev–Trinajstić information content (AvgIpc) is 2.80. The molecule has 0 aromatic heterocycles. The van der Waals surface area contributed by atoms with Gasteiger partial charge in [-0.25, -0.2) is 13.1 Å². The van der Waals surface area contributed by atoms with Crippen LogP contribution in [0.15, 0.2) is 47.4 Å². The van der Waals surface area contributed by atoms with E-state index in [1.165, 1.54) is 12.1 Å². The van der Waals surface area contributed by atoms with E-state index in [4.69, 9.17) is 11.6 Å². The Hall–Kier alpha value is -1.89. The van der Waals surface area contributed by atoms with Gasteiger partial charge in [0.1, 0.15) is 0 Å². The SMILES string of the molecule is C[C@H]1C(=O)Nc2ccc(S(=O)(=O)NCc3cccc(Cl)c3)cc21. The Kier molecular flexibility index (Phi) is 4.14. The van der Waals surface area contributed by atoms with Gasteiger partial charge in [0.05, 0.1) is 10.8 Å². The minimum Gasteiger partial charge on any atom is -0.325 e. The van der Waals surface area contributed by atoms with Crippen LogP contribution >= 0.6 is 11.6 Å². The van der Waals surface area contributed by atoms with Crippen molar-refractivity contribution in [2.75, 3.05) is 5.32 Å². The van der Waals surface area contributed by atoms with Crippen LogP contribution in [-0.4, -0.2) is 14.3 Å². The van der Waals surface area contributed by atoms with Crippen molar-refractivity contribution in [1.29, 1.82) is 0 Å². The molecule has 120 valence electrons. The molecule has 0 saturated carbocycles. The third-order valence-electron chi connectivity index (χ3n) is 3.81. The molecule has 5 nitrogen and oxygen atoms in total. The van der Waals surface area contributed by atoms with E-state index >= 15 is 0 Å². The van der Waals surface area contributed by atoms with Crippen molar-refractivity contribution in [3.63, 3.8) is 0 Å². The smallest absolute Gasteiger partial charge is 0.240 e. The maximum absolute atomic E-state index is 12.4. The van der Waals surface area contributed by atoms with E-state index in [-0.39, 0.29) is 23.3 Å². The van der Waals surface area contributed by atoms with Gasteiger partial charge in [-0.15, -0.1) is 0 Å². The largest absolute Gasteiger partial charge is 0.325 e. The highest BCUT2D eigenvalue weighted by Gasteiger charge is 2.28. The number of amides is 1. The number of sulfonamides is 1. The van der Waals surface area contributed by atoms with Gasteiger partial charge in [0.25, 0.3) is 0 Å². The van der Waals surface area contributed by atoms with Crippen molar-refractivity contribution in [2.24, 2.45) is 0 Å². The van der Waals surface area contributed by atoms with E-state index < -0.39 is 10.0 Å². The van der Waals surface area contributed by atoms with Crippen molar-refractivity contribution in [3.8, 4) is 0 Å². The number of fused-ring (bicyclic) bond motifs is 1. The third kappa shape index (κ3) is 3.24. The zero-order chi connectivity index (χ0) is 16.6. The minimum absolute atomic E-state index is 0.124. The molecule has 0 unspecified atom stereocenters. The van der Waals surface area contributed by atoms with Gasteiger partial charge in [0.15, 0.2) is 0 Å². The van der Waals surface area contributed by atoms with E-state index in [0.717, 1.165) is 5.56 Å². The Morgan fingerprint density at radius 3 is 2.74 bits per heavy atom. The maximum Gasteiger partial charge on any atom is 0.240 e. The maximum atomic E-state index is 12.4. The fourth-order valence-corrected chi connectivity index (χ4v) is 3.74. The summed E-state index contributed by atoms with van der Waals surface area (Å²) < 4.78 is 27.4. The second-order valence-electron chi connectivity index (χ2n) is 5.41. The van der Waals surface area contributed by atoms with E-state index in [0.29, 0.717) is 16.3 Å². The Balaban J connectivity index is 1.82. The summed E-state index contributed by atoms with van der Waals surface area (Å²) in [6.07, 6.45) is 0. The van der Waals surface area contributed by atoms with Gasteiger partial charge in [0, 0.05) is 17.3 Å². The molecule has 23 heavy (non-hydrogen) atoms. The lowest BCUT2D eigenvalue weighted by molar-refractivity contribution is -0.116. The highest BCUT2D eigenvalue weighted by Crippen LogP contribution is 2.33. The van der Waals surface area contributed by atoms with E-state index in [9.17, 15) is 13.2 Å². The number of hydrogen-bond acceptors (Lipinski definition) is 3. The number of nitrogens with one attached hydrogen (secondary N) is 2. The molecular weight excluding hydrogens is 336 g/mol. The number of anilines is 1. The topological polar surface area (TPSA) is 75.3 Å². The fourth-order valence-electron chi connectivity index (χ4n) is 2.47. The predicted molar refractivity (Wildman–Crippen MR) is 89.0 cm³/mol. The first-order chi connectivity index (χ1) is 10.9. The molecule has 0 saturated heterocycles. The van der Waals surface area contributed by atoms with E-state index in [1.54, 1.807) is 37.3 Å². The molecule has 1 amide bonds. The molecule has 0 fully saturated rings. The van der Waals surface area contributed by atoms with Crippen LogP contribution in [0.2, 0.25) is 5.02 Å². The van der Waals surface area contributed by atoms with Crippen molar-refractivity contribution in [2.45, 2.75) is 24.3 Å². The zero-order valence-electron chi connectivity index (χ0n) is 12.3. The molecule has 1 heterocycles. The Morgan fingerprint density at radius 1 is 1.22 bits per heavy atom. The van der Waals surface area contributed by atoms with Crippen LogP contribution in [0.25, 0.3) is 0 Å². The van der Waals surface area contributed by atoms with Gasteiger partial charge < -0.3 is 5.32 Å². The molecule has 2 aromatic rings. The fraction of sp³-hybridized carbons (Fsp3) is 0.188. The molecular formula is C16H15ClN2O3S. The summed E-state index contributed by atoms with van der Waals surface area (Å²) in [4.78, 5) is 11.8. The van der Waals surface area contributed by atoms with Crippen LogP contribution in [0.4, 0.5) is 5.69 Å². The summed E-state index contributed by atoms with van der Waals surface area (Å²) in [5.41, 5.74) is 2.13. The summed E-state index contributed by atoms with van der Waals surface area (Å²) in [5.74, 6) is -0.477. The molecule has 0 aliphatic carbocycles. The van der Waals surface area contributed by atoms with Crippen LogP contribution in [0.5, 0.6) is 0 Å². The monoisotopic (exact) mass is 350 g/mol. The molecule has 1 atom stereocenters. The van der Waals surface area contributed by atoms with Crippen LogP contribution < -0.4 is 10.0 Å². The lowest BCUT2D eigenvalue weighted by Gasteiger charge is -2.09. The second-order valence-corrected chi connectivity index (χ2v) is 7.62. The Labute approximate surface area is 139 Å². The summed E-state index contributed by atoms with van der Waals surface area (Å²) in [6, 6.07) is 11.6. The van der Waals surface area contributed by atoms with Crippen LogP contribution in [0.1, 0.15) is 24.0 Å². The van der Waals surface area contributed by atoms with Gasteiger partial charge in [-0.1, -0.05) is 23.7 Å². The summed E-state index contributed by atoms with van der Waals surface area (Å²) >= 11 is 5.89. The molecule has 1 aliphatic heterocycles. The predicted octanol–water partition coefficient (Wildman–Crippen LogP) is 2.87. The Bertz CT molecular complexity index is 881. The van der Waals surface area contributed by atoms with Crippen molar-refractivity contribution in [1.82, 2.24) is 4.72 Å². The van der Waals surface area contributed by atoms with Gasteiger partial charge in [0.2, 0.25) is 15.9 Å². The molecule has 2 aromatic carbocycles. The normalized spacial score (nSPS) is 17.0. The highest BCUT2D eigenvalue weighted by molar-refractivity contribution is 7.89. The number of halogens is 1.